The van der Waals surface area contributed by atoms with E-state index in [1.165, 1.54) is 102 Å². The van der Waals surface area contributed by atoms with Gasteiger partial charge in [-0.15, -0.1) is 0 Å². The van der Waals surface area contributed by atoms with Gasteiger partial charge in [-0.3, -0.25) is 0 Å². The van der Waals surface area contributed by atoms with E-state index in [0.717, 1.165) is 24.3 Å². The predicted octanol–water partition coefficient (Wildman–Crippen LogP) is 10.8. The van der Waals surface area contributed by atoms with Crippen LogP contribution >= 0.6 is 0 Å². The predicted molar refractivity (Wildman–Crippen MR) is 166 cm³/mol. The summed E-state index contributed by atoms with van der Waals surface area (Å²) >= 11 is 0. The molecule has 1 aromatic carbocycles. The lowest BCUT2D eigenvalue weighted by Crippen LogP contribution is -2.49. The highest BCUT2D eigenvalue weighted by Crippen LogP contribution is 2.67. The molecule has 0 saturated heterocycles. The molecule has 0 heteroatoms. The monoisotopic (exact) mass is 508 g/mol. The highest BCUT2D eigenvalue weighted by Gasteiger charge is 2.56. The molecule has 0 heterocycles. The molecule has 1 fully saturated rings. The molecule has 0 aliphatic heterocycles. The fraction of sp³-hybridized carbons (Fsp3) is 0.579. The molecule has 38 heavy (non-hydrogen) atoms. The Bertz CT molecular complexity index is 1270. The number of hydrogen-bond donors (Lipinski definition) is 0. The second-order valence-electron chi connectivity index (χ2n) is 14.0. The molecule has 204 valence electrons. The van der Waals surface area contributed by atoms with E-state index in [9.17, 15) is 0 Å². The molecule has 3 unspecified atom stereocenters. The van der Waals surface area contributed by atoms with Crippen LogP contribution in [0.25, 0.3) is 5.57 Å². The zero-order valence-corrected chi connectivity index (χ0v) is 25.6. The van der Waals surface area contributed by atoms with E-state index in [4.69, 9.17) is 13.2 Å². The summed E-state index contributed by atoms with van der Waals surface area (Å²) in [6.45, 7) is 30.6. The Balaban J connectivity index is 1.61. The van der Waals surface area contributed by atoms with Crippen LogP contribution < -0.4 is 0 Å². The Morgan fingerprint density at radius 3 is 2.34 bits per heavy atom. The minimum Gasteiger partial charge on any atom is -0.0955 e. The summed E-state index contributed by atoms with van der Waals surface area (Å²) < 4.78 is 0. The van der Waals surface area contributed by atoms with Gasteiger partial charge in [0.15, 0.2) is 0 Å². The fourth-order valence-corrected chi connectivity index (χ4v) is 9.57. The van der Waals surface area contributed by atoms with Gasteiger partial charge >= 0.3 is 0 Å². The van der Waals surface area contributed by atoms with E-state index >= 15 is 0 Å². The van der Waals surface area contributed by atoms with Crippen molar-refractivity contribution in [2.24, 2.45) is 22.7 Å². The smallest absolute Gasteiger partial charge is 0.0194 e. The molecule has 0 spiro atoms. The number of aryl methyl sites for hydroxylation is 2. The van der Waals surface area contributed by atoms with Gasteiger partial charge in [-0.1, -0.05) is 95.4 Å². The molecule has 4 aliphatic rings. The van der Waals surface area contributed by atoms with Crippen LogP contribution in [0, 0.1) is 29.6 Å². The van der Waals surface area contributed by atoms with Crippen LogP contribution in [0.15, 0.2) is 59.2 Å². The lowest BCUT2D eigenvalue weighted by Gasteiger charge is -2.59. The molecule has 0 aromatic heterocycles. The van der Waals surface area contributed by atoms with E-state index < -0.39 is 0 Å². The standard InChI is InChI=1S/C38H52/c1-11-30-19-31(18-17-29-15-13-12-14-16-29)33-20-32-22-37(9)21-24(4)34(23(2)3)27(7)38(37,10)28(8)36(32)26(6)35(33)25(30)5/h19,29,32H,2,6-7,11-18,20-22H2,1,3-5,8-10H3. The molecule has 0 amide bonds. The Kier molecular flexibility index (Phi) is 7.11. The molecule has 1 aromatic rings. The highest BCUT2D eigenvalue weighted by molar-refractivity contribution is 5.86. The Labute approximate surface area is 234 Å². The number of rotatable bonds is 5. The van der Waals surface area contributed by atoms with Crippen molar-refractivity contribution in [3.8, 4) is 0 Å². The maximum Gasteiger partial charge on any atom is 0.0194 e. The van der Waals surface area contributed by atoms with Crippen molar-refractivity contribution in [3.63, 3.8) is 0 Å². The van der Waals surface area contributed by atoms with Crippen molar-refractivity contribution >= 4 is 5.57 Å². The summed E-state index contributed by atoms with van der Waals surface area (Å²) in [5.74, 6) is 1.48. The van der Waals surface area contributed by atoms with E-state index in [2.05, 4.69) is 61.1 Å². The van der Waals surface area contributed by atoms with Crippen LogP contribution in [0.2, 0.25) is 0 Å². The quantitative estimate of drug-likeness (QED) is 0.371. The SMILES string of the molecule is C=C(C)C1=C(C)CC2(C)CC3Cc4c(CCC5CCCCC5)cc(CC)c(C)c4C(=C)C3=C(C)C2(C)C1=C. The lowest BCUT2D eigenvalue weighted by molar-refractivity contribution is 0.0878. The normalized spacial score (nSPS) is 29.8. The van der Waals surface area contributed by atoms with Crippen molar-refractivity contribution in [1.29, 1.82) is 0 Å². The molecule has 1 saturated carbocycles. The molecule has 0 N–H and O–H groups in total. The molecule has 5 rings (SSSR count). The lowest BCUT2D eigenvalue weighted by atomic mass is 9.44. The van der Waals surface area contributed by atoms with Crippen LogP contribution in [-0.4, -0.2) is 0 Å². The van der Waals surface area contributed by atoms with Crippen LogP contribution in [-0.2, 0) is 19.3 Å². The summed E-state index contributed by atoms with van der Waals surface area (Å²) in [5.41, 5.74) is 17.5. The largest absolute Gasteiger partial charge is 0.0955 e. The molecule has 0 radical (unpaired) electrons. The second-order valence-corrected chi connectivity index (χ2v) is 14.0. The van der Waals surface area contributed by atoms with Gasteiger partial charge in [0.2, 0.25) is 0 Å². The van der Waals surface area contributed by atoms with E-state index in [0.29, 0.717) is 5.92 Å². The van der Waals surface area contributed by atoms with E-state index in [1.54, 1.807) is 16.7 Å². The van der Waals surface area contributed by atoms with Gasteiger partial charge in [-0.25, -0.2) is 0 Å². The first-order chi connectivity index (χ1) is 17.9. The first-order valence-corrected chi connectivity index (χ1v) is 15.5. The summed E-state index contributed by atoms with van der Waals surface area (Å²) in [4.78, 5) is 0. The zero-order valence-electron chi connectivity index (χ0n) is 25.6. The third kappa shape index (κ3) is 4.00. The minimum absolute atomic E-state index is 0.0623. The molecule has 4 aliphatic carbocycles. The summed E-state index contributed by atoms with van der Waals surface area (Å²) in [6, 6.07) is 2.59. The summed E-state index contributed by atoms with van der Waals surface area (Å²) in [6.07, 6.45) is 14.4. The number of allylic oxidation sites excluding steroid dienone is 7. The van der Waals surface area contributed by atoms with Crippen LogP contribution in [0.1, 0.15) is 121 Å². The van der Waals surface area contributed by atoms with Crippen molar-refractivity contribution < 1.29 is 0 Å². The van der Waals surface area contributed by atoms with Gasteiger partial charge in [0.1, 0.15) is 0 Å². The molecule has 3 atom stereocenters. The van der Waals surface area contributed by atoms with Gasteiger partial charge in [-0.2, -0.15) is 0 Å². The number of hydrogen-bond acceptors (Lipinski definition) is 0. The number of benzene rings is 1. The second kappa shape index (κ2) is 9.83. The average Bonchev–Trinajstić information content (AvgIpc) is 2.86. The molecular formula is C38H52. The Morgan fingerprint density at radius 2 is 1.71 bits per heavy atom. The third-order valence-corrected chi connectivity index (χ3v) is 11.8. The van der Waals surface area contributed by atoms with E-state index in [1.807, 2.05) is 0 Å². The average molecular weight is 509 g/mol. The first-order valence-electron chi connectivity index (χ1n) is 15.5. The summed E-state index contributed by atoms with van der Waals surface area (Å²) in [5, 5.41) is 0. The number of fused-ring (bicyclic) bond motifs is 3. The van der Waals surface area contributed by atoms with Crippen molar-refractivity contribution in [2.45, 2.75) is 119 Å². The first kappa shape index (κ1) is 27.5. The van der Waals surface area contributed by atoms with Gasteiger partial charge in [0.05, 0.1) is 0 Å². The maximum atomic E-state index is 4.89. The van der Waals surface area contributed by atoms with Gasteiger partial charge in [-0.05, 0) is 134 Å². The summed E-state index contributed by atoms with van der Waals surface area (Å²) in [7, 11) is 0. The maximum absolute atomic E-state index is 4.89. The van der Waals surface area contributed by atoms with Crippen LogP contribution in [0.5, 0.6) is 0 Å². The Hall–Kier alpha value is -2.08. The fourth-order valence-electron chi connectivity index (χ4n) is 9.57. The van der Waals surface area contributed by atoms with Crippen LogP contribution in [0.4, 0.5) is 0 Å². The van der Waals surface area contributed by atoms with Gasteiger partial charge < -0.3 is 0 Å². The topological polar surface area (TPSA) is 0 Å². The van der Waals surface area contributed by atoms with Crippen LogP contribution in [0.3, 0.4) is 0 Å². The van der Waals surface area contributed by atoms with Gasteiger partial charge in [0, 0.05) is 5.41 Å². The molecule has 0 bridgehead atoms. The minimum atomic E-state index is -0.0623. The molecule has 0 nitrogen and oxygen atoms in total. The van der Waals surface area contributed by atoms with Crippen molar-refractivity contribution in [2.75, 3.05) is 0 Å². The zero-order chi connectivity index (χ0) is 27.6. The van der Waals surface area contributed by atoms with Crippen molar-refractivity contribution in [3.05, 3.63) is 87.1 Å². The van der Waals surface area contributed by atoms with Crippen molar-refractivity contribution in [1.82, 2.24) is 0 Å². The third-order valence-electron chi connectivity index (χ3n) is 11.8. The highest BCUT2D eigenvalue weighted by atomic mass is 14.6. The Morgan fingerprint density at radius 1 is 1.03 bits per heavy atom. The van der Waals surface area contributed by atoms with E-state index in [-0.39, 0.29) is 10.8 Å². The molecular weight excluding hydrogens is 456 g/mol. The van der Waals surface area contributed by atoms with Gasteiger partial charge in [0.25, 0.3) is 0 Å².